The Bertz CT molecular complexity index is 582. The largest absolute Gasteiger partial charge is 0.338 e. The molecular formula is C16H26N2O6S. The summed E-state index contributed by atoms with van der Waals surface area (Å²) in [6.07, 6.45) is 9.60. The number of carbonyl (C=O) groups is 3. The summed E-state index contributed by atoms with van der Waals surface area (Å²) >= 11 is 0. The number of carbonyl (C=O) groups excluding carboxylic acids is 3. The summed E-state index contributed by atoms with van der Waals surface area (Å²) in [5.41, 5.74) is 0. The molecule has 1 aliphatic rings. The number of nitrogens with zero attached hydrogens (tertiary/aromatic N) is 1. The lowest BCUT2D eigenvalue weighted by molar-refractivity contribution is -0.137. The SMILES string of the molecule is O=C(CCCCCCCCCCS(=O)(=O)O)NCN1C(=O)C=CC1=O. The Kier molecular flexibility index (Phi) is 9.36. The maximum atomic E-state index is 11.7. The number of amides is 3. The van der Waals surface area contributed by atoms with Crippen LogP contribution in [-0.4, -0.2) is 48.0 Å². The highest BCUT2D eigenvalue weighted by molar-refractivity contribution is 7.85. The smallest absolute Gasteiger partial charge is 0.264 e. The lowest BCUT2D eigenvalue weighted by Gasteiger charge is -2.14. The zero-order valence-corrected chi connectivity index (χ0v) is 15.1. The Balaban J connectivity index is 1.91. The summed E-state index contributed by atoms with van der Waals surface area (Å²) < 4.78 is 29.6. The van der Waals surface area contributed by atoms with Gasteiger partial charge in [0.2, 0.25) is 5.91 Å². The molecule has 142 valence electrons. The standard InChI is InChI=1S/C16H26N2O6S/c19-14(17-13-18-15(20)10-11-16(18)21)9-7-5-3-1-2-4-6-8-12-25(22,23)24/h10-11H,1-9,12-13H2,(H,17,19)(H,22,23,24). The van der Waals surface area contributed by atoms with Crippen molar-refractivity contribution in [2.75, 3.05) is 12.4 Å². The predicted molar refractivity (Wildman–Crippen MR) is 92.0 cm³/mol. The van der Waals surface area contributed by atoms with E-state index < -0.39 is 21.9 Å². The van der Waals surface area contributed by atoms with Gasteiger partial charge in [0.15, 0.2) is 0 Å². The van der Waals surface area contributed by atoms with Gasteiger partial charge in [-0.25, -0.2) is 0 Å². The molecule has 0 saturated carbocycles. The highest BCUT2D eigenvalue weighted by atomic mass is 32.2. The van der Waals surface area contributed by atoms with Gasteiger partial charge in [0.05, 0.1) is 5.75 Å². The number of nitrogens with one attached hydrogen (secondary N) is 1. The Labute approximate surface area is 148 Å². The Hall–Kier alpha value is -1.74. The third-order valence-electron chi connectivity index (χ3n) is 3.89. The van der Waals surface area contributed by atoms with E-state index in [1.807, 2.05) is 0 Å². The minimum absolute atomic E-state index is 0.0902. The zero-order chi connectivity index (χ0) is 18.7. The van der Waals surface area contributed by atoms with Crippen molar-refractivity contribution in [3.63, 3.8) is 0 Å². The number of rotatable bonds is 13. The zero-order valence-electron chi connectivity index (χ0n) is 14.3. The predicted octanol–water partition coefficient (Wildman–Crippen LogP) is 1.38. The molecule has 8 nitrogen and oxygen atoms in total. The molecule has 9 heteroatoms. The summed E-state index contributed by atoms with van der Waals surface area (Å²) in [5.74, 6) is -1.19. The molecule has 2 N–H and O–H groups in total. The normalized spacial score (nSPS) is 14.4. The Morgan fingerprint density at radius 3 is 1.92 bits per heavy atom. The van der Waals surface area contributed by atoms with Gasteiger partial charge < -0.3 is 5.32 Å². The molecule has 1 aliphatic heterocycles. The van der Waals surface area contributed by atoms with E-state index >= 15 is 0 Å². The quantitative estimate of drug-likeness (QED) is 0.285. The topological polar surface area (TPSA) is 121 Å². The monoisotopic (exact) mass is 374 g/mol. The highest BCUT2D eigenvalue weighted by Gasteiger charge is 2.23. The van der Waals surface area contributed by atoms with Crippen LogP contribution in [0.2, 0.25) is 0 Å². The van der Waals surface area contributed by atoms with Gasteiger partial charge in [-0.05, 0) is 12.8 Å². The fourth-order valence-corrected chi connectivity index (χ4v) is 3.04. The minimum atomic E-state index is -3.84. The second-order valence-electron chi connectivity index (χ2n) is 6.06. The van der Waals surface area contributed by atoms with Crippen molar-refractivity contribution in [2.24, 2.45) is 0 Å². The molecule has 0 fully saturated rings. The second-order valence-corrected chi connectivity index (χ2v) is 7.63. The van der Waals surface area contributed by atoms with Crippen LogP contribution in [0.25, 0.3) is 0 Å². The van der Waals surface area contributed by atoms with E-state index in [9.17, 15) is 22.8 Å². The first-order valence-electron chi connectivity index (χ1n) is 8.55. The number of hydrogen-bond acceptors (Lipinski definition) is 5. The summed E-state index contributed by atoms with van der Waals surface area (Å²) in [6.45, 7) is -0.0902. The van der Waals surface area contributed by atoms with Crippen LogP contribution in [0.15, 0.2) is 12.2 Å². The highest BCUT2D eigenvalue weighted by Crippen LogP contribution is 2.10. The molecule has 3 amide bonds. The van der Waals surface area contributed by atoms with Gasteiger partial charge in [-0.15, -0.1) is 0 Å². The van der Waals surface area contributed by atoms with Gasteiger partial charge in [-0.3, -0.25) is 23.8 Å². The van der Waals surface area contributed by atoms with Crippen LogP contribution >= 0.6 is 0 Å². The lowest BCUT2D eigenvalue weighted by Crippen LogP contribution is -2.40. The number of imide groups is 1. The minimum Gasteiger partial charge on any atom is -0.338 e. The van der Waals surface area contributed by atoms with E-state index in [1.54, 1.807) is 0 Å². The molecule has 0 saturated heterocycles. The van der Waals surface area contributed by atoms with Crippen molar-refractivity contribution in [1.29, 1.82) is 0 Å². The van der Waals surface area contributed by atoms with Crippen LogP contribution in [0.1, 0.15) is 57.8 Å². The average molecular weight is 374 g/mol. The summed E-state index contributed by atoms with van der Waals surface area (Å²) in [4.78, 5) is 35.2. The Morgan fingerprint density at radius 2 is 1.40 bits per heavy atom. The van der Waals surface area contributed by atoms with Crippen LogP contribution < -0.4 is 5.32 Å². The summed E-state index contributed by atoms with van der Waals surface area (Å²) in [5, 5.41) is 2.56. The first-order valence-corrected chi connectivity index (χ1v) is 10.2. The van der Waals surface area contributed by atoms with E-state index in [4.69, 9.17) is 4.55 Å². The molecule has 1 rings (SSSR count). The van der Waals surface area contributed by atoms with E-state index in [-0.39, 0.29) is 18.3 Å². The molecule has 0 spiro atoms. The fraction of sp³-hybridized carbons (Fsp3) is 0.688. The average Bonchev–Trinajstić information content (AvgIpc) is 2.84. The molecule has 0 aromatic heterocycles. The summed E-state index contributed by atoms with van der Waals surface area (Å²) in [7, 11) is -3.84. The third-order valence-corrected chi connectivity index (χ3v) is 4.70. The van der Waals surface area contributed by atoms with Gasteiger partial charge in [0.1, 0.15) is 6.67 Å². The van der Waals surface area contributed by atoms with Gasteiger partial charge in [-0.2, -0.15) is 8.42 Å². The van der Waals surface area contributed by atoms with Crippen LogP contribution in [0.4, 0.5) is 0 Å². The molecule has 0 bridgehead atoms. The van der Waals surface area contributed by atoms with Gasteiger partial charge in [-0.1, -0.05) is 38.5 Å². The maximum absolute atomic E-state index is 11.7. The van der Waals surface area contributed by atoms with E-state index in [0.717, 1.165) is 49.8 Å². The van der Waals surface area contributed by atoms with Crippen LogP contribution in [0.3, 0.4) is 0 Å². The van der Waals surface area contributed by atoms with Crippen LogP contribution in [0, 0.1) is 0 Å². The molecule has 0 aliphatic carbocycles. The first-order chi connectivity index (χ1) is 11.8. The van der Waals surface area contributed by atoms with Gasteiger partial charge >= 0.3 is 0 Å². The molecule has 0 radical (unpaired) electrons. The number of unbranched alkanes of at least 4 members (excludes halogenated alkanes) is 7. The van der Waals surface area contributed by atoms with Crippen molar-refractivity contribution < 1.29 is 27.4 Å². The molecule has 0 aromatic carbocycles. The van der Waals surface area contributed by atoms with Crippen LogP contribution in [-0.2, 0) is 24.5 Å². The van der Waals surface area contributed by atoms with Crippen molar-refractivity contribution >= 4 is 27.8 Å². The van der Waals surface area contributed by atoms with E-state index in [2.05, 4.69) is 5.32 Å². The molecule has 0 atom stereocenters. The van der Waals surface area contributed by atoms with Crippen molar-refractivity contribution in [3.8, 4) is 0 Å². The lowest BCUT2D eigenvalue weighted by atomic mass is 10.1. The maximum Gasteiger partial charge on any atom is 0.264 e. The van der Waals surface area contributed by atoms with E-state index in [0.29, 0.717) is 12.8 Å². The fourth-order valence-electron chi connectivity index (χ4n) is 2.47. The molecule has 0 aromatic rings. The second kappa shape index (κ2) is 11.0. The van der Waals surface area contributed by atoms with Crippen molar-refractivity contribution in [3.05, 3.63) is 12.2 Å². The molecule has 0 unspecified atom stereocenters. The third kappa shape index (κ3) is 9.98. The van der Waals surface area contributed by atoms with Crippen LogP contribution in [0.5, 0.6) is 0 Å². The van der Waals surface area contributed by atoms with Gasteiger partial charge in [0, 0.05) is 18.6 Å². The Morgan fingerprint density at radius 1 is 0.920 bits per heavy atom. The molecular weight excluding hydrogens is 348 g/mol. The first kappa shape index (κ1) is 21.3. The molecule has 25 heavy (non-hydrogen) atoms. The van der Waals surface area contributed by atoms with Gasteiger partial charge in [0.25, 0.3) is 21.9 Å². The van der Waals surface area contributed by atoms with E-state index in [1.165, 1.54) is 12.2 Å². The van der Waals surface area contributed by atoms with Crippen molar-refractivity contribution in [2.45, 2.75) is 57.8 Å². The summed E-state index contributed by atoms with van der Waals surface area (Å²) in [6, 6.07) is 0. The van der Waals surface area contributed by atoms with Crippen molar-refractivity contribution in [1.82, 2.24) is 10.2 Å². The molecule has 1 heterocycles. The number of hydrogen-bond donors (Lipinski definition) is 2.